The van der Waals surface area contributed by atoms with Crippen molar-refractivity contribution in [1.82, 2.24) is 9.55 Å². The average Bonchev–Trinajstić information content (AvgIpc) is 3.86. The minimum absolute atomic E-state index is 0.0626. The van der Waals surface area contributed by atoms with Crippen LogP contribution >= 0.6 is 0 Å². The highest BCUT2D eigenvalue weighted by atomic mass is 19.1. The Labute approximate surface area is 401 Å². The van der Waals surface area contributed by atoms with E-state index in [1.54, 1.807) is 12.1 Å². The van der Waals surface area contributed by atoms with Crippen LogP contribution in [0.1, 0.15) is 103 Å². The molecular formula is C62H61FN4O. The molecule has 9 aromatic rings. The fraction of sp³-hybridized carbons (Fsp3) is 0.242. The van der Waals surface area contributed by atoms with E-state index in [2.05, 4.69) is 205 Å². The quantitative estimate of drug-likeness (QED) is 0.145. The normalized spacial score (nSPS) is 13.1. The van der Waals surface area contributed by atoms with E-state index in [1.165, 1.54) is 27.9 Å². The number of rotatable bonds is 9. The lowest BCUT2D eigenvalue weighted by Crippen LogP contribution is -2.26. The maximum atomic E-state index is 15.4. The van der Waals surface area contributed by atoms with Gasteiger partial charge < -0.3 is 14.5 Å². The molecule has 2 aromatic heterocycles. The average molecular weight is 897 g/mol. The predicted octanol–water partition coefficient (Wildman–Crippen LogP) is 17.5. The first-order valence-corrected chi connectivity index (χ1v) is 24.0. The lowest BCUT2D eigenvalue weighted by atomic mass is 9.79. The van der Waals surface area contributed by atoms with Crippen LogP contribution in [0.3, 0.4) is 0 Å². The van der Waals surface area contributed by atoms with Crippen molar-refractivity contribution in [2.75, 3.05) is 16.5 Å². The smallest absolute Gasteiger partial charge is 0.137 e. The monoisotopic (exact) mass is 896 g/mol. The van der Waals surface area contributed by atoms with Crippen LogP contribution in [0.5, 0.6) is 11.5 Å². The van der Waals surface area contributed by atoms with E-state index in [9.17, 15) is 0 Å². The minimum Gasteiger partial charge on any atom is -0.457 e. The fourth-order valence-corrected chi connectivity index (χ4v) is 9.86. The number of pyridine rings is 1. The molecule has 0 spiro atoms. The number of hydrogen-bond donors (Lipinski definition) is 0. The largest absolute Gasteiger partial charge is 0.457 e. The van der Waals surface area contributed by atoms with Crippen molar-refractivity contribution in [3.8, 4) is 39.6 Å². The highest BCUT2D eigenvalue weighted by molar-refractivity contribution is 6.09. The van der Waals surface area contributed by atoms with Gasteiger partial charge in [-0.2, -0.15) is 0 Å². The third kappa shape index (κ3) is 8.20. The van der Waals surface area contributed by atoms with Gasteiger partial charge in [0.05, 0.1) is 22.4 Å². The van der Waals surface area contributed by atoms with Crippen LogP contribution in [0.25, 0.3) is 49.9 Å². The van der Waals surface area contributed by atoms with Gasteiger partial charge in [-0.05, 0) is 134 Å². The minimum atomic E-state index is -0.210. The second kappa shape index (κ2) is 17.2. The summed E-state index contributed by atoms with van der Waals surface area (Å²) in [4.78, 5) is 9.67. The van der Waals surface area contributed by atoms with Crippen LogP contribution < -0.4 is 14.5 Å². The van der Waals surface area contributed by atoms with E-state index in [-0.39, 0.29) is 28.5 Å². The number of hydrogen-bond acceptors (Lipinski definition) is 4. The number of anilines is 4. The van der Waals surface area contributed by atoms with Crippen molar-refractivity contribution >= 4 is 44.6 Å². The fourth-order valence-electron chi connectivity index (χ4n) is 9.86. The Morgan fingerprint density at radius 1 is 0.529 bits per heavy atom. The van der Waals surface area contributed by atoms with Crippen molar-refractivity contribution in [3.05, 3.63) is 192 Å². The molecule has 3 heterocycles. The molecule has 1 aliphatic rings. The van der Waals surface area contributed by atoms with Crippen LogP contribution in [0.4, 0.5) is 27.1 Å². The van der Waals surface area contributed by atoms with Crippen LogP contribution in [0, 0.1) is 5.82 Å². The van der Waals surface area contributed by atoms with Crippen molar-refractivity contribution in [2.24, 2.45) is 0 Å². The Kier molecular flexibility index (Phi) is 11.3. The Hall–Kier alpha value is -7.18. The Morgan fingerprint density at radius 2 is 1.13 bits per heavy atom. The molecule has 7 aromatic carbocycles. The summed E-state index contributed by atoms with van der Waals surface area (Å²) in [5.74, 6) is 2.49. The van der Waals surface area contributed by atoms with Crippen molar-refractivity contribution in [1.29, 1.82) is 0 Å². The summed E-state index contributed by atoms with van der Waals surface area (Å²) < 4.78 is 24.7. The second-order valence-electron chi connectivity index (χ2n) is 21.1. The van der Waals surface area contributed by atoms with Gasteiger partial charge in [0, 0.05) is 46.0 Å². The van der Waals surface area contributed by atoms with Gasteiger partial charge in [-0.3, -0.25) is 4.57 Å². The summed E-state index contributed by atoms with van der Waals surface area (Å²) >= 11 is 0. The molecule has 0 bridgehead atoms. The molecule has 0 aliphatic carbocycles. The molecule has 342 valence electrons. The predicted molar refractivity (Wildman–Crippen MR) is 284 cm³/mol. The van der Waals surface area contributed by atoms with Gasteiger partial charge in [0.15, 0.2) is 0 Å². The van der Waals surface area contributed by atoms with Crippen molar-refractivity contribution < 1.29 is 9.13 Å². The maximum Gasteiger partial charge on any atom is 0.137 e. The summed E-state index contributed by atoms with van der Waals surface area (Å²) in [5, 5.41) is 2.30. The first kappa shape index (κ1) is 44.6. The topological polar surface area (TPSA) is 33.5 Å². The van der Waals surface area contributed by atoms with Crippen molar-refractivity contribution in [2.45, 2.75) is 91.9 Å². The number of nitrogens with zero attached hydrogens (tertiary/aromatic N) is 4. The third-order valence-electron chi connectivity index (χ3n) is 13.6. The highest BCUT2D eigenvalue weighted by Crippen LogP contribution is 2.51. The molecule has 0 atom stereocenters. The van der Waals surface area contributed by atoms with Gasteiger partial charge in [-0.25, -0.2) is 9.37 Å². The molecule has 0 amide bonds. The SMILES string of the molecule is CC(C)c1cc(-c2ccccc2F)cc(C(C)C)c1N1CN(c2cc(Oc3ccc4c5ccccc5n(-c5ccccn5)c4c3)cc(-c3cc(C(C)(C)C)cc(C(C)(C)C)c3)c2)c2ccccc21. The van der Waals surface area contributed by atoms with E-state index in [1.807, 2.05) is 30.5 Å². The number of halogens is 1. The number of fused-ring (bicyclic) bond motifs is 4. The lowest BCUT2D eigenvalue weighted by Gasteiger charge is -2.30. The van der Waals surface area contributed by atoms with E-state index in [0.29, 0.717) is 12.2 Å². The highest BCUT2D eigenvalue weighted by Gasteiger charge is 2.33. The maximum absolute atomic E-state index is 15.4. The zero-order valence-electron chi connectivity index (χ0n) is 41.0. The molecular weight excluding hydrogens is 836 g/mol. The van der Waals surface area contributed by atoms with Crippen molar-refractivity contribution in [3.63, 3.8) is 0 Å². The number of benzene rings is 7. The standard InChI is InChI=1S/C62H61FN4O/c1-39(2)52-33-43(49-19-11-13-21-54(49)63)34-53(40(3)4)60(52)66-38-65(56-23-15-16-24-57(56)66)46-31-42(41-29-44(61(5,6)7)35-45(30-41)62(8,9)10)32-48(36-46)68-47-26-27-51-50-20-12-14-22-55(50)67(58(51)37-47)59-25-17-18-28-64-59/h11-37,39-40H,38H2,1-10H3. The Morgan fingerprint density at radius 3 is 1.78 bits per heavy atom. The molecule has 0 N–H and O–H groups in total. The Balaban J connectivity index is 1.15. The molecule has 10 rings (SSSR count). The molecule has 5 nitrogen and oxygen atoms in total. The summed E-state index contributed by atoms with van der Waals surface area (Å²) in [6.07, 6.45) is 1.84. The molecule has 0 radical (unpaired) electrons. The molecule has 68 heavy (non-hydrogen) atoms. The van der Waals surface area contributed by atoms with Gasteiger partial charge in [0.25, 0.3) is 0 Å². The third-order valence-corrected chi connectivity index (χ3v) is 13.6. The number of para-hydroxylation sites is 3. The first-order chi connectivity index (χ1) is 32.5. The second-order valence-corrected chi connectivity index (χ2v) is 21.1. The van der Waals surface area contributed by atoms with Gasteiger partial charge in [-0.15, -0.1) is 0 Å². The van der Waals surface area contributed by atoms with Crippen LogP contribution in [-0.4, -0.2) is 16.2 Å². The van der Waals surface area contributed by atoms with E-state index >= 15 is 4.39 Å². The lowest BCUT2D eigenvalue weighted by molar-refractivity contribution is 0.483. The van der Waals surface area contributed by atoms with Gasteiger partial charge in [0.2, 0.25) is 0 Å². The first-order valence-electron chi connectivity index (χ1n) is 24.0. The van der Waals surface area contributed by atoms with E-state index in [4.69, 9.17) is 9.72 Å². The van der Waals surface area contributed by atoms with E-state index < -0.39 is 0 Å². The van der Waals surface area contributed by atoms with Crippen LogP contribution in [0.15, 0.2) is 164 Å². The van der Waals surface area contributed by atoms with Gasteiger partial charge >= 0.3 is 0 Å². The molecule has 0 saturated heterocycles. The summed E-state index contributed by atoms with van der Waals surface area (Å²) in [5.41, 5.74) is 15.2. The molecule has 0 fully saturated rings. The zero-order valence-corrected chi connectivity index (χ0v) is 41.0. The van der Waals surface area contributed by atoms with Crippen LogP contribution in [-0.2, 0) is 10.8 Å². The zero-order chi connectivity index (χ0) is 47.6. The molecule has 1 aliphatic heterocycles. The number of aromatic nitrogens is 2. The molecule has 0 saturated carbocycles. The Bertz CT molecular complexity index is 3290. The number of ether oxygens (including phenoxy) is 1. The van der Waals surface area contributed by atoms with Gasteiger partial charge in [0.1, 0.15) is 29.8 Å². The summed E-state index contributed by atoms with van der Waals surface area (Å²) in [6.45, 7) is 23.3. The molecule has 6 heteroatoms. The summed E-state index contributed by atoms with van der Waals surface area (Å²) in [6, 6.07) is 55.0. The van der Waals surface area contributed by atoms with Gasteiger partial charge in [-0.1, -0.05) is 142 Å². The molecule has 0 unspecified atom stereocenters. The van der Waals surface area contributed by atoms with Crippen LogP contribution in [0.2, 0.25) is 0 Å². The van der Waals surface area contributed by atoms with E-state index in [0.717, 1.165) is 72.9 Å². The summed E-state index contributed by atoms with van der Waals surface area (Å²) in [7, 11) is 0.